The molecule has 6 heteroatoms. The van der Waals surface area contributed by atoms with Gasteiger partial charge in [0.1, 0.15) is 0 Å². The molecule has 1 fully saturated rings. The number of aryl methyl sites for hydroxylation is 3. The Labute approximate surface area is 182 Å². The number of halogens is 1. The van der Waals surface area contributed by atoms with Crippen molar-refractivity contribution in [2.24, 2.45) is 5.92 Å². The second kappa shape index (κ2) is 8.76. The van der Waals surface area contributed by atoms with Gasteiger partial charge in [-0.2, -0.15) is 0 Å². The largest absolute Gasteiger partial charge is 0.309 e. The van der Waals surface area contributed by atoms with Crippen molar-refractivity contribution < 1.29 is 4.79 Å². The van der Waals surface area contributed by atoms with Crippen LogP contribution in [0.1, 0.15) is 61.9 Å². The lowest BCUT2D eigenvalue weighted by Gasteiger charge is -2.20. The molecule has 0 radical (unpaired) electrons. The second-order valence-corrected chi connectivity index (χ2v) is 8.96. The van der Waals surface area contributed by atoms with Crippen LogP contribution < -0.4 is 5.32 Å². The fourth-order valence-electron chi connectivity index (χ4n) is 4.48. The average Bonchev–Trinajstić information content (AvgIpc) is 3.07. The average molecular weight is 425 g/mol. The molecule has 1 aliphatic rings. The van der Waals surface area contributed by atoms with Gasteiger partial charge in [-0.05, 0) is 62.4 Å². The van der Waals surface area contributed by atoms with Crippen LogP contribution in [0.5, 0.6) is 0 Å². The van der Waals surface area contributed by atoms with Gasteiger partial charge in [0.2, 0.25) is 5.91 Å². The van der Waals surface area contributed by atoms with E-state index in [1.807, 2.05) is 49.6 Å². The molecule has 0 spiro atoms. The lowest BCUT2D eigenvalue weighted by atomic mass is 9.86. The van der Waals surface area contributed by atoms with Gasteiger partial charge < -0.3 is 5.32 Å². The van der Waals surface area contributed by atoms with Crippen molar-refractivity contribution in [3.63, 3.8) is 0 Å². The molecule has 2 aromatic heterocycles. The molecular formula is C24H29ClN4O. The van der Waals surface area contributed by atoms with Crippen LogP contribution in [0.4, 0.5) is 5.82 Å². The maximum absolute atomic E-state index is 12.8. The van der Waals surface area contributed by atoms with Gasteiger partial charge >= 0.3 is 0 Å². The molecular weight excluding hydrogens is 396 g/mol. The summed E-state index contributed by atoms with van der Waals surface area (Å²) in [4.78, 5) is 17.5. The molecule has 0 saturated heterocycles. The number of aromatic nitrogens is 3. The third-order valence-corrected chi connectivity index (χ3v) is 6.53. The molecule has 0 unspecified atom stereocenters. The summed E-state index contributed by atoms with van der Waals surface area (Å²) in [6, 6.07) is 7.86. The number of anilines is 1. The van der Waals surface area contributed by atoms with Gasteiger partial charge in [0, 0.05) is 22.8 Å². The van der Waals surface area contributed by atoms with E-state index >= 15 is 0 Å². The smallest absolute Gasteiger partial charge is 0.225 e. The van der Waals surface area contributed by atoms with E-state index in [-0.39, 0.29) is 5.91 Å². The van der Waals surface area contributed by atoms with Crippen molar-refractivity contribution in [3.05, 3.63) is 46.2 Å². The molecule has 0 aliphatic heterocycles. The lowest BCUT2D eigenvalue weighted by molar-refractivity contribution is -0.116. The number of nitrogens with one attached hydrogen (secondary N) is 1. The summed E-state index contributed by atoms with van der Waals surface area (Å²) in [6.45, 7) is 5.95. The summed E-state index contributed by atoms with van der Waals surface area (Å²) in [5.74, 6) is 1.26. The minimum Gasteiger partial charge on any atom is -0.309 e. The van der Waals surface area contributed by atoms with Gasteiger partial charge in [-0.25, -0.2) is 9.50 Å². The molecule has 5 nitrogen and oxygen atoms in total. The van der Waals surface area contributed by atoms with Crippen LogP contribution in [0.3, 0.4) is 0 Å². The van der Waals surface area contributed by atoms with Crippen molar-refractivity contribution in [3.8, 4) is 11.1 Å². The Hall–Kier alpha value is -2.40. The lowest BCUT2D eigenvalue weighted by Crippen LogP contribution is -2.15. The Morgan fingerprint density at radius 3 is 2.67 bits per heavy atom. The Bertz CT molecular complexity index is 1080. The maximum atomic E-state index is 12.8. The van der Waals surface area contributed by atoms with Gasteiger partial charge in [-0.15, -0.1) is 5.10 Å². The van der Waals surface area contributed by atoms with Crippen LogP contribution in [-0.2, 0) is 4.79 Å². The second-order valence-electron chi connectivity index (χ2n) is 8.55. The predicted molar refractivity (Wildman–Crippen MR) is 122 cm³/mol. The van der Waals surface area contributed by atoms with E-state index in [4.69, 9.17) is 21.7 Å². The number of benzene rings is 1. The number of hydrogen-bond donors (Lipinski definition) is 1. The van der Waals surface area contributed by atoms with Crippen molar-refractivity contribution in [1.82, 2.24) is 14.6 Å². The van der Waals surface area contributed by atoms with E-state index in [1.165, 1.54) is 32.1 Å². The summed E-state index contributed by atoms with van der Waals surface area (Å²) < 4.78 is 1.81. The topological polar surface area (TPSA) is 59.3 Å². The third-order valence-electron chi connectivity index (χ3n) is 6.10. The highest BCUT2D eigenvalue weighted by atomic mass is 35.5. The number of carbonyl (C=O) groups is 1. The van der Waals surface area contributed by atoms with Crippen LogP contribution >= 0.6 is 11.6 Å². The number of amides is 1. The van der Waals surface area contributed by atoms with Crippen LogP contribution in [0.2, 0.25) is 5.02 Å². The highest BCUT2D eigenvalue weighted by molar-refractivity contribution is 6.31. The predicted octanol–water partition coefficient (Wildman–Crippen LogP) is 6.27. The van der Waals surface area contributed by atoms with E-state index in [0.29, 0.717) is 23.2 Å². The molecule has 1 saturated carbocycles. The van der Waals surface area contributed by atoms with E-state index in [9.17, 15) is 4.79 Å². The summed E-state index contributed by atoms with van der Waals surface area (Å²) in [5, 5.41) is 8.50. The number of fused-ring (bicyclic) bond motifs is 1. The SMILES string of the molecule is Cc1cc(C)n2nc(NC(=O)CCC3CCCCC3)c(-c3ccc(Cl)c(C)c3)c2n1. The minimum atomic E-state index is 0.0188. The number of nitrogens with zero attached hydrogens (tertiary/aromatic N) is 3. The van der Waals surface area contributed by atoms with E-state index in [2.05, 4.69) is 5.32 Å². The fourth-order valence-corrected chi connectivity index (χ4v) is 4.60. The standard InChI is InChI=1S/C24H29ClN4O/c1-15-13-19(10-11-20(15)25)22-23(28-29-17(3)14-16(2)26-24(22)29)27-21(30)12-9-18-7-5-4-6-8-18/h10-11,13-14,18H,4-9,12H2,1-3H3,(H,27,28,30). The van der Waals surface area contributed by atoms with Crippen molar-refractivity contribution in [2.75, 3.05) is 5.32 Å². The fraction of sp³-hybridized carbons (Fsp3) is 0.458. The minimum absolute atomic E-state index is 0.0188. The number of carbonyl (C=O) groups excluding carboxylic acids is 1. The van der Waals surface area contributed by atoms with Crippen LogP contribution in [0.25, 0.3) is 16.8 Å². The monoisotopic (exact) mass is 424 g/mol. The molecule has 158 valence electrons. The van der Waals surface area contributed by atoms with Crippen LogP contribution in [-0.4, -0.2) is 20.5 Å². The molecule has 2 heterocycles. The van der Waals surface area contributed by atoms with Crippen LogP contribution in [0, 0.1) is 26.7 Å². The molecule has 0 atom stereocenters. The van der Waals surface area contributed by atoms with Gasteiger partial charge in [-0.1, -0.05) is 49.8 Å². The highest BCUT2D eigenvalue weighted by Crippen LogP contribution is 2.34. The molecule has 30 heavy (non-hydrogen) atoms. The normalized spacial score (nSPS) is 14.9. The molecule has 0 bridgehead atoms. The number of rotatable bonds is 5. The first-order valence-corrected chi connectivity index (χ1v) is 11.2. The highest BCUT2D eigenvalue weighted by Gasteiger charge is 2.21. The Kier molecular flexibility index (Phi) is 6.09. The first kappa shape index (κ1) is 20.9. The van der Waals surface area contributed by atoms with Gasteiger partial charge in [0.15, 0.2) is 11.5 Å². The van der Waals surface area contributed by atoms with Gasteiger partial charge in [0.25, 0.3) is 0 Å². The van der Waals surface area contributed by atoms with Crippen LogP contribution in [0.15, 0.2) is 24.3 Å². The molecule has 1 aliphatic carbocycles. The zero-order valence-corrected chi connectivity index (χ0v) is 18.7. The summed E-state index contributed by atoms with van der Waals surface area (Å²) in [5.41, 5.74) is 5.41. The molecule has 1 N–H and O–H groups in total. The van der Waals surface area contributed by atoms with E-state index < -0.39 is 0 Å². The van der Waals surface area contributed by atoms with Crippen molar-refractivity contribution in [2.45, 2.75) is 65.7 Å². The number of hydrogen-bond acceptors (Lipinski definition) is 3. The maximum Gasteiger partial charge on any atom is 0.225 e. The molecule has 1 amide bonds. The molecule has 4 rings (SSSR count). The summed E-state index contributed by atoms with van der Waals surface area (Å²) in [6.07, 6.45) is 7.90. The quantitative estimate of drug-likeness (QED) is 0.524. The molecule has 3 aromatic rings. The molecule has 1 aromatic carbocycles. The first-order valence-electron chi connectivity index (χ1n) is 10.9. The Balaban J connectivity index is 1.67. The Morgan fingerprint density at radius 1 is 1.17 bits per heavy atom. The van der Waals surface area contributed by atoms with Gasteiger partial charge in [0.05, 0.1) is 5.56 Å². The van der Waals surface area contributed by atoms with E-state index in [1.54, 1.807) is 0 Å². The van der Waals surface area contributed by atoms with E-state index in [0.717, 1.165) is 40.1 Å². The Morgan fingerprint density at radius 2 is 1.93 bits per heavy atom. The first-order chi connectivity index (χ1) is 14.4. The summed E-state index contributed by atoms with van der Waals surface area (Å²) in [7, 11) is 0. The third kappa shape index (κ3) is 4.36. The zero-order valence-electron chi connectivity index (χ0n) is 18.0. The zero-order chi connectivity index (χ0) is 21.3. The summed E-state index contributed by atoms with van der Waals surface area (Å²) >= 11 is 6.24. The van der Waals surface area contributed by atoms with Gasteiger partial charge in [-0.3, -0.25) is 4.79 Å². The van der Waals surface area contributed by atoms with Crippen molar-refractivity contribution in [1.29, 1.82) is 0 Å². The van der Waals surface area contributed by atoms with Crippen molar-refractivity contribution >= 4 is 29.0 Å².